The number of rotatable bonds is 3. The predicted molar refractivity (Wildman–Crippen MR) is 122 cm³/mol. The maximum Gasteiger partial charge on any atom is 0.162 e. The van der Waals surface area contributed by atoms with Crippen LogP contribution in [0, 0.1) is 0 Å². The Morgan fingerprint density at radius 1 is 0.968 bits per heavy atom. The second-order valence-corrected chi connectivity index (χ2v) is 8.13. The first-order valence-electron chi connectivity index (χ1n) is 10.6. The van der Waals surface area contributed by atoms with Crippen LogP contribution in [0.3, 0.4) is 0 Å². The van der Waals surface area contributed by atoms with Crippen molar-refractivity contribution in [3.05, 3.63) is 59.8 Å². The molecule has 3 heterocycles. The molecule has 1 aliphatic rings. The Labute approximate surface area is 178 Å². The lowest BCUT2D eigenvalue weighted by molar-refractivity contribution is 0.475. The van der Waals surface area contributed by atoms with Crippen LogP contribution in [0.5, 0.6) is 5.75 Å². The highest BCUT2D eigenvalue weighted by Gasteiger charge is 2.23. The fourth-order valence-electron chi connectivity index (χ4n) is 4.68. The Balaban J connectivity index is 1.61. The standard InChI is InChI=1S/C24H22N6O/c1-30-13-12-20(29-30)26-24-22-19(27-28-24)11-10-18-21(22)16-4-2-3-5-17(16)23(25-18)14-6-8-15(31)9-7-14/h6-13,31H,2-5H2,1H3,(H2,26,27,28,29). The summed E-state index contributed by atoms with van der Waals surface area (Å²) in [5.41, 5.74) is 6.66. The van der Waals surface area contributed by atoms with E-state index in [2.05, 4.69) is 26.7 Å². The molecule has 0 radical (unpaired) electrons. The van der Waals surface area contributed by atoms with Gasteiger partial charge in [0, 0.05) is 30.3 Å². The summed E-state index contributed by atoms with van der Waals surface area (Å²) in [4.78, 5) is 5.10. The molecule has 3 N–H and O–H groups in total. The molecule has 0 unspecified atom stereocenters. The van der Waals surface area contributed by atoms with Crippen LogP contribution in [0.1, 0.15) is 24.0 Å². The molecule has 1 aliphatic carbocycles. The lowest BCUT2D eigenvalue weighted by Gasteiger charge is -2.22. The number of fused-ring (bicyclic) bond motifs is 5. The van der Waals surface area contributed by atoms with Gasteiger partial charge in [-0.3, -0.25) is 9.78 Å². The third-order valence-corrected chi connectivity index (χ3v) is 6.10. The first kappa shape index (κ1) is 17.9. The number of hydrogen-bond donors (Lipinski definition) is 3. The normalized spacial score (nSPS) is 13.6. The summed E-state index contributed by atoms with van der Waals surface area (Å²) in [6.07, 6.45) is 6.26. The molecule has 6 rings (SSSR count). The van der Waals surface area contributed by atoms with Crippen molar-refractivity contribution in [2.24, 2.45) is 7.05 Å². The number of nitrogens with zero attached hydrogens (tertiary/aromatic N) is 4. The van der Waals surface area contributed by atoms with E-state index in [0.29, 0.717) is 0 Å². The zero-order valence-corrected chi connectivity index (χ0v) is 17.2. The number of anilines is 2. The summed E-state index contributed by atoms with van der Waals surface area (Å²) in [7, 11) is 1.90. The van der Waals surface area contributed by atoms with Gasteiger partial charge in [-0.15, -0.1) is 0 Å². The van der Waals surface area contributed by atoms with Crippen molar-refractivity contribution in [3.63, 3.8) is 0 Å². The molecule has 154 valence electrons. The SMILES string of the molecule is Cn1ccc(Nc2n[nH]c3ccc4nc(-c5ccc(O)cc5)c5c(c4c23)CCCC5)n1. The van der Waals surface area contributed by atoms with Crippen LogP contribution in [-0.4, -0.2) is 30.1 Å². The smallest absolute Gasteiger partial charge is 0.162 e. The molecule has 0 saturated heterocycles. The Hall–Kier alpha value is -3.87. The van der Waals surface area contributed by atoms with Crippen molar-refractivity contribution in [1.82, 2.24) is 25.0 Å². The molecule has 0 saturated carbocycles. The molecule has 2 aromatic carbocycles. The molecule has 31 heavy (non-hydrogen) atoms. The maximum atomic E-state index is 9.72. The van der Waals surface area contributed by atoms with E-state index in [4.69, 9.17) is 4.98 Å². The topological polar surface area (TPSA) is 91.7 Å². The minimum Gasteiger partial charge on any atom is -0.508 e. The molecule has 0 bridgehead atoms. The van der Waals surface area contributed by atoms with Crippen molar-refractivity contribution in [2.45, 2.75) is 25.7 Å². The predicted octanol–water partition coefficient (Wildman–Crippen LogP) is 4.84. The number of nitrogens with one attached hydrogen (secondary N) is 2. The third kappa shape index (κ3) is 2.92. The first-order valence-corrected chi connectivity index (χ1v) is 10.6. The maximum absolute atomic E-state index is 9.72. The van der Waals surface area contributed by atoms with Gasteiger partial charge in [0.15, 0.2) is 11.6 Å². The molecule has 3 aromatic heterocycles. The molecule has 7 nitrogen and oxygen atoms in total. The van der Waals surface area contributed by atoms with Gasteiger partial charge in [-0.1, -0.05) is 0 Å². The summed E-state index contributed by atoms with van der Waals surface area (Å²) in [6.45, 7) is 0. The van der Waals surface area contributed by atoms with Crippen LogP contribution in [0.25, 0.3) is 33.1 Å². The molecule has 0 fully saturated rings. The fourth-order valence-corrected chi connectivity index (χ4v) is 4.68. The van der Waals surface area contributed by atoms with Gasteiger partial charge in [-0.25, -0.2) is 4.98 Å². The van der Waals surface area contributed by atoms with Gasteiger partial charge in [0.2, 0.25) is 0 Å². The minimum absolute atomic E-state index is 0.267. The molecule has 0 spiro atoms. The number of aromatic hydroxyl groups is 1. The molecule has 7 heteroatoms. The Kier molecular flexibility index (Phi) is 3.96. The summed E-state index contributed by atoms with van der Waals surface area (Å²) in [5.74, 6) is 1.80. The summed E-state index contributed by atoms with van der Waals surface area (Å²) >= 11 is 0. The zero-order chi connectivity index (χ0) is 20.9. The van der Waals surface area contributed by atoms with Crippen LogP contribution < -0.4 is 5.32 Å². The number of pyridine rings is 1. The van der Waals surface area contributed by atoms with Crippen molar-refractivity contribution >= 4 is 33.4 Å². The van der Waals surface area contributed by atoms with Gasteiger partial charge in [0.1, 0.15) is 5.75 Å². The van der Waals surface area contributed by atoms with Gasteiger partial charge in [-0.2, -0.15) is 10.2 Å². The van der Waals surface area contributed by atoms with Crippen molar-refractivity contribution in [1.29, 1.82) is 0 Å². The van der Waals surface area contributed by atoms with Crippen LogP contribution >= 0.6 is 0 Å². The van der Waals surface area contributed by atoms with E-state index in [1.807, 2.05) is 37.5 Å². The number of phenolic OH excluding ortho intramolecular Hbond substituents is 1. The quantitative estimate of drug-likeness (QED) is 0.396. The third-order valence-electron chi connectivity index (χ3n) is 6.10. The van der Waals surface area contributed by atoms with Gasteiger partial charge < -0.3 is 10.4 Å². The average molecular weight is 410 g/mol. The molecule has 5 aromatic rings. The average Bonchev–Trinajstić information content (AvgIpc) is 3.39. The summed E-state index contributed by atoms with van der Waals surface area (Å²) < 4.78 is 1.77. The first-order chi connectivity index (χ1) is 15.2. The van der Waals surface area contributed by atoms with Crippen molar-refractivity contribution in [2.75, 3.05) is 5.32 Å². The van der Waals surface area contributed by atoms with Crippen LogP contribution in [0.2, 0.25) is 0 Å². The van der Waals surface area contributed by atoms with Gasteiger partial charge >= 0.3 is 0 Å². The van der Waals surface area contributed by atoms with E-state index in [-0.39, 0.29) is 5.75 Å². The summed E-state index contributed by atoms with van der Waals surface area (Å²) in [6, 6.07) is 13.4. The van der Waals surface area contributed by atoms with Gasteiger partial charge in [-0.05, 0) is 73.2 Å². The fraction of sp³-hybridized carbons (Fsp3) is 0.208. The van der Waals surface area contributed by atoms with Crippen LogP contribution in [-0.2, 0) is 19.9 Å². The van der Waals surface area contributed by atoms with E-state index in [9.17, 15) is 5.11 Å². The molecule has 0 aliphatic heterocycles. The highest BCUT2D eigenvalue weighted by Crippen LogP contribution is 2.40. The molecule has 0 amide bonds. The zero-order valence-electron chi connectivity index (χ0n) is 17.2. The van der Waals surface area contributed by atoms with E-state index >= 15 is 0 Å². The van der Waals surface area contributed by atoms with E-state index in [0.717, 1.165) is 58.6 Å². The summed E-state index contributed by atoms with van der Waals surface area (Å²) in [5, 5.41) is 27.5. The molecule has 0 atom stereocenters. The van der Waals surface area contributed by atoms with Crippen molar-refractivity contribution < 1.29 is 5.11 Å². The number of aromatic nitrogens is 5. The number of phenols is 1. The van der Waals surface area contributed by atoms with Crippen LogP contribution in [0.4, 0.5) is 11.6 Å². The number of aryl methyl sites for hydroxylation is 2. The lowest BCUT2D eigenvalue weighted by atomic mass is 9.85. The van der Waals surface area contributed by atoms with E-state index < -0.39 is 0 Å². The highest BCUT2D eigenvalue weighted by molar-refractivity contribution is 6.13. The highest BCUT2D eigenvalue weighted by atomic mass is 16.3. The number of hydrogen-bond acceptors (Lipinski definition) is 5. The largest absolute Gasteiger partial charge is 0.508 e. The number of aromatic amines is 1. The van der Waals surface area contributed by atoms with Gasteiger partial charge in [0.25, 0.3) is 0 Å². The Morgan fingerprint density at radius 3 is 2.55 bits per heavy atom. The minimum atomic E-state index is 0.267. The molecular weight excluding hydrogens is 388 g/mol. The number of H-pyrrole nitrogens is 1. The molecular formula is C24H22N6O. The second kappa shape index (κ2) is 6.84. The van der Waals surface area contributed by atoms with Crippen LogP contribution in [0.15, 0.2) is 48.7 Å². The Bertz CT molecular complexity index is 1430. The van der Waals surface area contributed by atoms with Gasteiger partial charge in [0.05, 0.1) is 22.1 Å². The van der Waals surface area contributed by atoms with E-state index in [1.54, 1.807) is 16.8 Å². The van der Waals surface area contributed by atoms with E-state index in [1.165, 1.54) is 22.9 Å². The second-order valence-electron chi connectivity index (χ2n) is 8.13. The number of benzene rings is 2. The lowest BCUT2D eigenvalue weighted by Crippen LogP contribution is -2.08. The Morgan fingerprint density at radius 2 is 1.77 bits per heavy atom. The monoisotopic (exact) mass is 410 g/mol. The van der Waals surface area contributed by atoms with Crippen molar-refractivity contribution in [3.8, 4) is 17.0 Å².